The first-order chi connectivity index (χ1) is 12.7. The van der Waals surface area contributed by atoms with E-state index >= 15 is 0 Å². The summed E-state index contributed by atoms with van der Waals surface area (Å²) in [5.41, 5.74) is 9.66. The Hall–Kier alpha value is -2.19. The molecule has 1 atom stereocenters. The number of nitrogens with zero attached hydrogens (tertiary/aromatic N) is 1. The Morgan fingerprint density at radius 3 is 2.89 bits per heavy atom. The predicted molar refractivity (Wildman–Crippen MR) is 114 cm³/mol. The summed E-state index contributed by atoms with van der Waals surface area (Å²) in [6.07, 6.45) is 3.89. The van der Waals surface area contributed by atoms with Crippen molar-refractivity contribution >= 4 is 42.6 Å². The summed E-state index contributed by atoms with van der Waals surface area (Å²) in [6, 6.07) is 13.7. The molecule has 0 amide bonds. The monoisotopic (exact) mass is 379 g/mol. The normalized spacial score (nSPS) is 13.9. The van der Waals surface area contributed by atoms with Crippen LogP contribution >= 0.6 is 13.5 Å². The highest BCUT2D eigenvalue weighted by molar-refractivity contribution is 7.59. The summed E-state index contributed by atoms with van der Waals surface area (Å²) in [5, 5.41) is 15.1. The smallest absolute Gasteiger partial charge is 0.413 e. The molecule has 1 aromatic heterocycles. The van der Waals surface area contributed by atoms with Crippen LogP contribution in [0.5, 0.6) is 0 Å². The van der Waals surface area contributed by atoms with Crippen LogP contribution in [-0.2, 0) is 17.8 Å². The van der Waals surface area contributed by atoms with Gasteiger partial charge < -0.3 is 16.0 Å². The van der Waals surface area contributed by atoms with Crippen LogP contribution in [0.2, 0.25) is 0 Å². The Labute approximate surface area is 165 Å². The minimum Gasteiger partial charge on any atom is -0.433 e. The van der Waals surface area contributed by atoms with Gasteiger partial charge in [0.25, 0.3) is 0 Å². The second-order valence-corrected chi connectivity index (χ2v) is 6.73. The van der Waals surface area contributed by atoms with Gasteiger partial charge in [-0.25, -0.2) is 0 Å². The van der Waals surface area contributed by atoms with Crippen molar-refractivity contribution in [2.24, 2.45) is 5.73 Å². The van der Waals surface area contributed by atoms with Crippen molar-refractivity contribution < 1.29 is 9.82 Å². The fraction of sp³-hybridized carbons (Fsp3) is 0.200. The standard InChI is InChI=1S/C20H20BN3O2.H2S/c22-10-18(15-3-4-17-12-24-21(26)19(17)9-15)20(25)8-13-1-2-16-11-23-6-5-14(16)7-13;/h1-7,9,11,18,24,26H,8,10,12,22H2;1H2/t18-;/m1./s1. The lowest BCUT2D eigenvalue weighted by molar-refractivity contribution is -0.119. The summed E-state index contributed by atoms with van der Waals surface area (Å²) in [6.45, 7) is 0.891. The first-order valence-corrected chi connectivity index (χ1v) is 8.75. The highest BCUT2D eigenvalue weighted by Gasteiger charge is 2.27. The number of fused-ring (bicyclic) bond motifs is 2. The molecule has 0 bridgehead atoms. The van der Waals surface area contributed by atoms with E-state index in [9.17, 15) is 9.82 Å². The molecule has 0 unspecified atom stereocenters. The number of carbonyl (C=O) groups is 1. The lowest BCUT2D eigenvalue weighted by Gasteiger charge is -2.16. The molecule has 0 saturated heterocycles. The number of nitrogens with two attached hydrogens (primary N) is 1. The van der Waals surface area contributed by atoms with Crippen molar-refractivity contribution in [3.05, 3.63) is 71.5 Å². The largest absolute Gasteiger partial charge is 0.433 e. The molecule has 138 valence electrons. The number of rotatable bonds is 5. The van der Waals surface area contributed by atoms with E-state index in [4.69, 9.17) is 5.73 Å². The molecule has 4 rings (SSSR count). The molecule has 1 aliphatic rings. The topological polar surface area (TPSA) is 88.2 Å². The maximum absolute atomic E-state index is 12.9. The van der Waals surface area contributed by atoms with Crippen LogP contribution < -0.4 is 16.4 Å². The third kappa shape index (κ3) is 3.91. The molecule has 7 heteroatoms. The van der Waals surface area contributed by atoms with Gasteiger partial charge in [0.15, 0.2) is 0 Å². The van der Waals surface area contributed by atoms with Crippen molar-refractivity contribution in [1.29, 1.82) is 0 Å². The van der Waals surface area contributed by atoms with Crippen LogP contribution in [0.3, 0.4) is 0 Å². The van der Waals surface area contributed by atoms with E-state index in [1.54, 1.807) is 6.20 Å². The Kier molecular flexibility index (Phi) is 5.96. The summed E-state index contributed by atoms with van der Waals surface area (Å²) in [7, 11) is -0.674. The average molecular weight is 379 g/mol. The van der Waals surface area contributed by atoms with Gasteiger partial charge in [-0.05, 0) is 33.6 Å². The summed E-state index contributed by atoms with van der Waals surface area (Å²) in [5.74, 6) is -0.289. The van der Waals surface area contributed by atoms with Gasteiger partial charge in [0, 0.05) is 37.3 Å². The third-order valence-electron chi connectivity index (χ3n) is 5.06. The van der Waals surface area contributed by atoms with E-state index in [1.165, 1.54) is 0 Å². The minimum absolute atomic E-state index is 0. The van der Waals surface area contributed by atoms with Gasteiger partial charge in [-0.1, -0.05) is 36.4 Å². The van der Waals surface area contributed by atoms with Crippen molar-refractivity contribution in [3.8, 4) is 0 Å². The molecular formula is C20H22BN3O2S. The number of hydrogen-bond donors (Lipinski definition) is 3. The van der Waals surface area contributed by atoms with Crippen LogP contribution in [0.25, 0.3) is 10.8 Å². The van der Waals surface area contributed by atoms with Crippen LogP contribution in [0.15, 0.2) is 54.9 Å². The Morgan fingerprint density at radius 1 is 1.22 bits per heavy atom. The molecule has 0 radical (unpaired) electrons. The molecule has 0 saturated carbocycles. The van der Waals surface area contributed by atoms with Gasteiger partial charge in [0.2, 0.25) is 0 Å². The van der Waals surface area contributed by atoms with Crippen LogP contribution in [0.4, 0.5) is 0 Å². The molecular weight excluding hydrogens is 357 g/mol. The third-order valence-corrected chi connectivity index (χ3v) is 5.06. The van der Waals surface area contributed by atoms with Gasteiger partial charge in [0.05, 0.1) is 5.92 Å². The molecule has 2 aromatic carbocycles. The zero-order chi connectivity index (χ0) is 18.1. The van der Waals surface area contributed by atoms with E-state index in [0.717, 1.165) is 32.9 Å². The summed E-state index contributed by atoms with van der Waals surface area (Å²) >= 11 is 0. The highest BCUT2D eigenvalue weighted by Crippen LogP contribution is 2.21. The number of Topliss-reactive ketones (excluding diaryl/α,β-unsaturated/α-hetero) is 1. The number of pyridine rings is 1. The minimum atomic E-state index is -0.674. The quantitative estimate of drug-likeness (QED) is 0.576. The van der Waals surface area contributed by atoms with E-state index in [1.807, 2.05) is 48.7 Å². The van der Waals surface area contributed by atoms with Gasteiger partial charge >= 0.3 is 7.05 Å². The van der Waals surface area contributed by atoms with Gasteiger partial charge in [-0.2, -0.15) is 13.5 Å². The fourth-order valence-electron chi connectivity index (χ4n) is 3.58. The molecule has 1 aliphatic heterocycles. The highest BCUT2D eigenvalue weighted by atomic mass is 32.1. The Balaban J connectivity index is 0.00000210. The Bertz CT molecular complexity index is 982. The van der Waals surface area contributed by atoms with Gasteiger partial charge in [-0.15, -0.1) is 0 Å². The van der Waals surface area contributed by atoms with Crippen molar-refractivity contribution in [1.82, 2.24) is 10.2 Å². The molecule has 5 nitrogen and oxygen atoms in total. The first kappa shape index (κ1) is 19.6. The van der Waals surface area contributed by atoms with E-state index in [0.29, 0.717) is 13.0 Å². The molecule has 0 aliphatic carbocycles. The SMILES string of the molecule is NC[C@@H](C(=O)Cc1ccc2cnccc2c1)c1ccc2c(c1)B(O)NC2.S. The van der Waals surface area contributed by atoms with Gasteiger partial charge in [-0.3, -0.25) is 9.78 Å². The van der Waals surface area contributed by atoms with Crippen LogP contribution in [-0.4, -0.2) is 29.4 Å². The second-order valence-electron chi connectivity index (χ2n) is 6.73. The summed E-state index contributed by atoms with van der Waals surface area (Å²) < 4.78 is 0. The molecule has 0 fully saturated rings. The zero-order valence-corrected chi connectivity index (χ0v) is 15.9. The van der Waals surface area contributed by atoms with E-state index in [-0.39, 0.29) is 31.7 Å². The van der Waals surface area contributed by atoms with Crippen LogP contribution in [0.1, 0.15) is 22.6 Å². The maximum Gasteiger partial charge on any atom is 0.413 e. The number of ketones is 1. The van der Waals surface area contributed by atoms with Crippen molar-refractivity contribution in [2.45, 2.75) is 18.9 Å². The van der Waals surface area contributed by atoms with E-state index in [2.05, 4.69) is 10.2 Å². The predicted octanol–water partition coefficient (Wildman–Crippen LogP) is 0.992. The number of nitrogens with one attached hydrogen (secondary N) is 1. The van der Waals surface area contributed by atoms with Crippen molar-refractivity contribution in [3.63, 3.8) is 0 Å². The Morgan fingerprint density at radius 2 is 2.07 bits per heavy atom. The lowest BCUT2D eigenvalue weighted by Crippen LogP contribution is -2.37. The molecule has 2 heterocycles. The molecule has 27 heavy (non-hydrogen) atoms. The lowest BCUT2D eigenvalue weighted by atomic mass is 9.74. The zero-order valence-electron chi connectivity index (χ0n) is 14.9. The van der Waals surface area contributed by atoms with Gasteiger partial charge in [0.1, 0.15) is 5.78 Å². The molecule has 4 N–H and O–H groups in total. The average Bonchev–Trinajstić information content (AvgIpc) is 3.03. The molecule has 3 aromatic rings. The molecule has 0 spiro atoms. The van der Waals surface area contributed by atoms with E-state index < -0.39 is 7.05 Å². The van der Waals surface area contributed by atoms with Crippen molar-refractivity contribution in [2.75, 3.05) is 6.54 Å². The number of hydrogen-bond acceptors (Lipinski definition) is 5. The number of carbonyl (C=O) groups excluding carboxylic acids is 1. The maximum atomic E-state index is 12.9. The first-order valence-electron chi connectivity index (χ1n) is 8.75. The summed E-state index contributed by atoms with van der Waals surface area (Å²) in [4.78, 5) is 17.0. The number of aromatic nitrogens is 1. The fourth-order valence-corrected chi connectivity index (χ4v) is 3.58. The number of benzene rings is 2. The van der Waals surface area contributed by atoms with Crippen LogP contribution in [0, 0.1) is 0 Å². The second kappa shape index (κ2) is 8.23.